The number of fused-ring (bicyclic) bond motifs is 1. The molecule has 2 atom stereocenters. The summed E-state index contributed by atoms with van der Waals surface area (Å²) < 4.78 is 12.2. The summed E-state index contributed by atoms with van der Waals surface area (Å²) in [4.78, 5) is 32.1. The predicted molar refractivity (Wildman–Crippen MR) is 109 cm³/mol. The van der Waals surface area contributed by atoms with Crippen LogP contribution in [0.4, 0.5) is 5.82 Å². The Balaban J connectivity index is 2.26. The van der Waals surface area contributed by atoms with Crippen LogP contribution >= 0.6 is 0 Å². The van der Waals surface area contributed by atoms with E-state index in [1.54, 1.807) is 19.2 Å². The van der Waals surface area contributed by atoms with Gasteiger partial charge in [0, 0.05) is 19.3 Å². The van der Waals surface area contributed by atoms with Crippen molar-refractivity contribution in [3.63, 3.8) is 0 Å². The molecule has 3 rings (SSSR count). The summed E-state index contributed by atoms with van der Waals surface area (Å²) >= 11 is 0. The number of morpholine rings is 1. The number of aromatic nitrogens is 2. The summed E-state index contributed by atoms with van der Waals surface area (Å²) in [6, 6.07) is 5.47. The van der Waals surface area contributed by atoms with Gasteiger partial charge >= 0.3 is 5.97 Å². The number of esters is 1. The first-order valence-electron chi connectivity index (χ1n) is 9.57. The Morgan fingerprint density at radius 3 is 2.72 bits per heavy atom. The summed E-state index contributed by atoms with van der Waals surface area (Å²) in [5.74, 6) is -0.332. The Bertz CT molecular complexity index is 1060. The zero-order chi connectivity index (χ0) is 21.1. The normalized spacial score (nSPS) is 19.8. The molecule has 0 radical (unpaired) electrons. The minimum absolute atomic E-state index is 0.0480. The number of aryl methyl sites for hydroxylation is 1. The molecule has 1 aliphatic heterocycles. The third kappa shape index (κ3) is 4.15. The molecule has 8 heteroatoms. The molecular weight excluding hydrogens is 372 g/mol. The van der Waals surface area contributed by atoms with Crippen molar-refractivity contribution >= 4 is 23.5 Å². The van der Waals surface area contributed by atoms with Gasteiger partial charge in [0.05, 0.1) is 24.4 Å². The van der Waals surface area contributed by atoms with Gasteiger partial charge in [0.25, 0.3) is 5.56 Å². The average molecular weight is 396 g/mol. The summed E-state index contributed by atoms with van der Waals surface area (Å²) in [6.07, 6.45) is 2.81. The molecule has 3 heterocycles. The monoisotopic (exact) mass is 396 g/mol. The van der Waals surface area contributed by atoms with Gasteiger partial charge in [-0.2, -0.15) is 5.26 Å². The molecule has 2 unspecified atom stereocenters. The molecule has 0 aromatic carbocycles. The topological polar surface area (TPSA) is 96.9 Å². The van der Waals surface area contributed by atoms with Gasteiger partial charge in [-0.15, -0.1) is 0 Å². The number of pyridine rings is 1. The highest BCUT2D eigenvalue weighted by atomic mass is 16.5. The smallest absolute Gasteiger partial charge is 0.348 e. The number of hydrogen-bond donors (Lipinski definition) is 0. The molecule has 29 heavy (non-hydrogen) atoms. The van der Waals surface area contributed by atoms with Crippen LogP contribution in [0, 0.1) is 18.3 Å². The lowest BCUT2D eigenvalue weighted by Gasteiger charge is -2.36. The van der Waals surface area contributed by atoms with Crippen LogP contribution in [-0.4, -0.2) is 47.3 Å². The lowest BCUT2D eigenvalue weighted by Crippen LogP contribution is -2.46. The zero-order valence-corrected chi connectivity index (χ0v) is 17.0. The number of carbonyl (C=O) groups is 1. The standard InChI is InChI=1S/C21H24N4O4/c1-5-28-21(27)16(10-22)9-17-19(24-11-14(3)29-15(4)12-24)23-18-13(2)7-6-8-25(18)20(17)26/h6-9,14-15H,5,11-12H2,1-4H3/b16-9+. The Morgan fingerprint density at radius 1 is 1.41 bits per heavy atom. The lowest BCUT2D eigenvalue weighted by molar-refractivity contribution is -0.137. The van der Waals surface area contributed by atoms with Crippen molar-refractivity contribution in [3.8, 4) is 6.07 Å². The molecule has 1 fully saturated rings. The van der Waals surface area contributed by atoms with Crippen molar-refractivity contribution in [2.24, 2.45) is 0 Å². The highest BCUT2D eigenvalue weighted by molar-refractivity contribution is 5.98. The largest absolute Gasteiger partial charge is 0.462 e. The fraction of sp³-hybridized carbons (Fsp3) is 0.429. The SMILES string of the molecule is CCOC(=O)/C(C#N)=C/c1c(N2CC(C)OC(C)C2)nc2c(C)cccn2c1=O. The third-order valence-electron chi connectivity index (χ3n) is 4.69. The van der Waals surface area contributed by atoms with Crippen molar-refractivity contribution in [1.29, 1.82) is 5.26 Å². The number of nitrogens with zero attached hydrogens (tertiary/aromatic N) is 4. The lowest BCUT2D eigenvalue weighted by atomic mass is 10.1. The molecular formula is C21H24N4O4. The van der Waals surface area contributed by atoms with Crippen molar-refractivity contribution in [2.75, 3.05) is 24.6 Å². The average Bonchev–Trinajstić information content (AvgIpc) is 2.67. The molecule has 152 valence electrons. The molecule has 0 bridgehead atoms. The van der Waals surface area contributed by atoms with E-state index < -0.39 is 5.97 Å². The second kappa shape index (κ2) is 8.45. The summed E-state index contributed by atoms with van der Waals surface area (Å²) in [5.41, 5.74) is 0.971. The van der Waals surface area contributed by atoms with Crippen LogP contribution in [0.25, 0.3) is 11.7 Å². The minimum atomic E-state index is -0.765. The Kier molecular flexibility index (Phi) is 5.99. The van der Waals surface area contributed by atoms with E-state index in [0.29, 0.717) is 24.6 Å². The van der Waals surface area contributed by atoms with Crippen LogP contribution in [0.2, 0.25) is 0 Å². The number of ether oxygens (including phenoxy) is 2. The third-order valence-corrected chi connectivity index (χ3v) is 4.69. The Labute approximate surface area is 169 Å². The maximum atomic E-state index is 13.3. The molecule has 1 saturated heterocycles. The number of carbonyl (C=O) groups excluding carboxylic acids is 1. The van der Waals surface area contributed by atoms with E-state index in [1.807, 2.05) is 37.8 Å². The van der Waals surface area contributed by atoms with Crippen LogP contribution in [0.1, 0.15) is 31.9 Å². The van der Waals surface area contributed by atoms with Crippen LogP contribution < -0.4 is 10.5 Å². The van der Waals surface area contributed by atoms with Gasteiger partial charge in [-0.1, -0.05) is 6.07 Å². The van der Waals surface area contributed by atoms with E-state index >= 15 is 0 Å². The van der Waals surface area contributed by atoms with Crippen LogP contribution in [0.5, 0.6) is 0 Å². The van der Waals surface area contributed by atoms with E-state index in [1.165, 1.54) is 10.5 Å². The predicted octanol–water partition coefficient (Wildman–Crippen LogP) is 2.09. The fourth-order valence-corrected chi connectivity index (χ4v) is 3.51. The molecule has 8 nitrogen and oxygen atoms in total. The van der Waals surface area contributed by atoms with Crippen molar-refractivity contribution in [2.45, 2.75) is 39.9 Å². The first-order valence-corrected chi connectivity index (χ1v) is 9.57. The number of hydrogen-bond acceptors (Lipinski definition) is 7. The first-order chi connectivity index (χ1) is 13.8. The molecule has 2 aromatic heterocycles. The maximum absolute atomic E-state index is 13.3. The van der Waals surface area contributed by atoms with Crippen LogP contribution in [0.15, 0.2) is 28.7 Å². The molecule has 2 aromatic rings. The van der Waals surface area contributed by atoms with Gasteiger partial charge in [0.1, 0.15) is 23.1 Å². The van der Waals surface area contributed by atoms with Gasteiger partial charge in [0.2, 0.25) is 0 Å². The zero-order valence-electron chi connectivity index (χ0n) is 17.0. The fourth-order valence-electron chi connectivity index (χ4n) is 3.51. The van der Waals surface area contributed by atoms with Crippen molar-refractivity contribution in [3.05, 3.63) is 45.4 Å². The Morgan fingerprint density at radius 2 is 2.10 bits per heavy atom. The second-order valence-corrected chi connectivity index (χ2v) is 7.09. The van der Waals surface area contributed by atoms with Gasteiger partial charge in [-0.3, -0.25) is 9.20 Å². The molecule has 0 N–H and O–H groups in total. The van der Waals surface area contributed by atoms with E-state index in [2.05, 4.69) is 0 Å². The van der Waals surface area contributed by atoms with Crippen molar-refractivity contribution in [1.82, 2.24) is 9.38 Å². The quantitative estimate of drug-likeness (QED) is 0.443. The van der Waals surface area contributed by atoms with Gasteiger partial charge in [0.15, 0.2) is 0 Å². The van der Waals surface area contributed by atoms with Gasteiger partial charge in [-0.05, 0) is 45.4 Å². The van der Waals surface area contributed by atoms with E-state index in [9.17, 15) is 14.9 Å². The molecule has 0 spiro atoms. The highest BCUT2D eigenvalue weighted by Crippen LogP contribution is 2.24. The van der Waals surface area contributed by atoms with Crippen LogP contribution in [0.3, 0.4) is 0 Å². The van der Waals surface area contributed by atoms with Crippen LogP contribution in [-0.2, 0) is 14.3 Å². The number of rotatable bonds is 4. The van der Waals surface area contributed by atoms with Gasteiger partial charge in [-0.25, -0.2) is 9.78 Å². The first kappa shape index (κ1) is 20.6. The number of anilines is 1. The van der Waals surface area contributed by atoms with E-state index in [0.717, 1.165) is 5.56 Å². The summed E-state index contributed by atoms with van der Waals surface area (Å²) in [6.45, 7) is 8.67. The maximum Gasteiger partial charge on any atom is 0.348 e. The highest BCUT2D eigenvalue weighted by Gasteiger charge is 2.27. The number of nitriles is 1. The van der Waals surface area contributed by atoms with Gasteiger partial charge < -0.3 is 14.4 Å². The summed E-state index contributed by atoms with van der Waals surface area (Å²) in [5, 5.41) is 9.44. The van der Waals surface area contributed by atoms with E-state index in [4.69, 9.17) is 14.5 Å². The summed E-state index contributed by atoms with van der Waals surface area (Å²) in [7, 11) is 0. The van der Waals surface area contributed by atoms with Crippen molar-refractivity contribution < 1.29 is 14.3 Å². The molecule has 0 saturated carbocycles. The molecule has 1 aliphatic rings. The Hall–Kier alpha value is -3.18. The minimum Gasteiger partial charge on any atom is -0.462 e. The van der Waals surface area contributed by atoms with E-state index in [-0.39, 0.29) is 35.5 Å². The molecule has 0 amide bonds. The molecule has 0 aliphatic carbocycles. The second-order valence-electron chi connectivity index (χ2n) is 7.09.